The van der Waals surface area contributed by atoms with Crippen LogP contribution < -0.4 is 0 Å². The number of carbonyl (C=O) groups is 2. The predicted octanol–water partition coefficient (Wildman–Crippen LogP) is 2.59. The van der Waals surface area contributed by atoms with Crippen LogP contribution in [0.25, 0.3) is 5.76 Å². The van der Waals surface area contributed by atoms with Gasteiger partial charge >= 0.3 is 0 Å². The number of rotatable bonds is 9. The molecule has 9 nitrogen and oxygen atoms in total. The van der Waals surface area contributed by atoms with Crippen molar-refractivity contribution in [2.75, 3.05) is 26.4 Å². The van der Waals surface area contributed by atoms with Crippen molar-refractivity contribution in [3.63, 3.8) is 0 Å². The van der Waals surface area contributed by atoms with E-state index in [0.717, 1.165) is 12.0 Å². The molecule has 0 radical (unpaired) electrons. The number of Topliss-reactive ketones (excluding diaryl/α,β-unsaturated/α-hetero) is 1. The average Bonchev–Trinajstić information content (AvgIpc) is 3.06. The summed E-state index contributed by atoms with van der Waals surface area (Å²) >= 11 is 0. The van der Waals surface area contributed by atoms with Crippen molar-refractivity contribution in [2.45, 2.75) is 19.4 Å². The second kappa shape index (κ2) is 10.2. The van der Waals surface area contributed by atoms with Gasteiger partial charge in [0.05, 0.1) is 36.4 Å². The molecule has 9 heteroatoms. The molecule has 0 aliphatic carbocycles. The number of carbonyl (C=O) groups excluding carboxylic acids is 2. The quantitative estimate of drug-likeness (QED) is 0.153. The number of hydrogen-bond donors (Lipinski definition) is 2. The van der Waals surface area contributed by atoms with Crippen LogP contribution in [0.3, 0.4) is 0 Å². The molecule has 1 saturated heterocycles. The number of likely N-dealkylation sites (tertiary alicyclic amines) is 1. The molecule has 1 amide bonds. The zero-order valence-corrected chi connectivity index (χ0v) is 17.6. The van der Waals surface area contributed by atoms with Crippen LogP contribution >= 0.6 is 0 Å². The van der Waals surface area contributed by atoms with Crippen LogP contribution in [0, 0.1) is 10.1 Å². The van der Waals surface area contributed by atoms with Crippen molar-refractivity contribution in [1.29, 1.82) is 0 Å². The minimum Gasteiger partial charge on any atom is -0.507 e. The van der Waals surface area contributed by atoms with Gasteiger partial charge in [-0.05, 0) is 29.7 Å². The van der Waals surface area contributed by atoms with Crippen LogP contribution in [0.1, 0.15) is 29.7 Å². The molecule has 2 aromatic rings. The number of ketones is 1. The van der Waals surface area contributed by atoms with E-state index in [0.29, 0.717) is 5.56 Å². The Bertz CT molecular complexity index is 1030. The summed E-state index contributed by atoms with van der Waals surface area (Å²) in [7, 11) is 0. The molecule has 1 unspecified atom stereocenters. The topological polar surface area (TPSA) is 130 Å². The fraction of sp³-hybridized carbons (Fsp3) is 0.304. The average molecular weight is 440 g/mol. The Kier molecular flexibility index (Phi) is 7.34. The van der Waals surface area contributed by atoms with Gasteiger partial charge in [-0.25, -0.2) is 0 Å². The molecule has 2 N–H and O–H groups in total. The van der Waals surface area contributed by atoms with Crippen LogP contribution in [0.2, 0.25) is 0 Å². The van der Waals surface area contributed by atoms with E-state index in [-0.39, 0.29) is 43.2 Å². The second-order valence-corrected chi connectivity index (χ2v) is 7.23. The number of nitro groups is 1. The summed E-state index contributed by atoms with van der Waals surface area (Å²) in [5.41, 5.74) is 1.67. The van der Waals surface area contributed by atoms with Crippen molar-refractivity contribution in [3.05, 3.63) is 80.9 Å². The molecule has 1 fully saturated rings. The molecule has 168 valence electrons. The molecule has 0 saturated carbocycles. The summed E-state index contributed by atoms with van der Waals surface area (Å²) in [6.07, 6.45) is 0.818. The first kappa shape index (κ1) is 23.1. The van der Waals surface area contributed by atoms with Gasteiger partial charge in [-0.3, -0.25) is 19.7 Å². The zero-order chi connectivity index (χ0) is 23.3. The standard InChI is InChI=1S/C23H24N2O7/c1-2-15-3-5-16(6-4-15)20-19(21(27)17-7-9-18(10-8-17)25(30)31)22(28)23(29)24(20)11-13-32-14-12-26/h3-10,20,26-27H,2,11-14H2,1H3. The number of aliphatic hydroxyl groups is 2. The highest BCUT2D eigenvalue weighted by molar-refractivity contribution is 6.46. The lowest BCUT2D eigenvalue weighted by atomic mass is 9.94. The second-order valence-electron chi connectivity index (χ2n) is 7.23. The lowest BCUT2D eigenvalue weighted by Gasteiger charge is -2.25. The Balaban J connectivity index is 2.05. The summed E-state index contributed by atoms with van der Waals surface area (Å²) in [5, 5.41) is 30.7. The predicted molar refractivity (Wildman–Crippen MR) is 116 cm³/mol. The summed E-state index contributed by atoms with van der Waals surface area (Å²) in [6.45, 7) is 2.13. The third-order valence-corrected chi connectivity index (χ3v) is 5.31. The molecule has 2 aromatic carbocycles. The van der Waals surface area contributed by atoms with Crippen molar-refractivity contribution < 1.29 is 29.5 Å². The van der Waals surface area contributed by atoms with Crippen molar-refractivity contribution in [1.82, 2.24) is 4.90 Å². The Morgan fingerprint density at radius 3 is 2.31 bits per heavy atom. The molecule has 1 aliphatic heterocycles. The first-order chi connectivity index (χ1) is 15.4. The Hall–Kier alpha value is -3.56. The first-order valence-electron chi connectivity index (χ1n) is 10.2. The lowest BCUT2D eigenvalue weighted by Crippen LogP contribution is -2.33. The van der Waals surface area contributed by atoms with E-state index in [2.05, 4.69) is 0 Å². The van der Waals surface area contributed by atoms with Gasteiger partial charge in [0.1, 0.15) is 5.76 Å². The molecule has 32 heavy (non-hydrogen) atoms. The number of ether oxygens (including phenoxy) is 1. The minimum absolute atomic E-state index is 0.0851. The maximum absolute atomic E-state index is 12.9. The molecule has 0 aromatic heterocycles. The maximum atomic E-state index is 12.9. The van der Waals surface area contributed by atoms with Gasteiger partial charge in [0.2, 0.25) is 0 Å². The third kappa shape index (κ3) is 4.68. The summed E-state index contributed by atoms with van der Waals surface area (Å²) in [4.78, 5) is 37.4. The van der Waals surface area contributed by atoms with Crippen LogP contribution in [0.4, 0.5) is 5.69 Å². The molecule has 0 bridgehead atoms. The van der Waals surface area contributed by atoms with Crippen LogP contribution in [-0.2, 0) is 20.7 Å². The first-order valence-corrected chi connectivity index (χ1v) is 10.2. The van der Waals surface area contributed by atoms with Gasteiger partial charge in [-0.2, -0.15) is 0 Å². The number of nitro benzene ring substituents is 1. The molecule has 1 aliphatic rings. The van der Waals surface area contributed by atoms with Gasteiger partial charge in [0.25, 0.3) is 17.4 Å². The number of benzene rings is 2. The zero-order valence-electron chi connectivity index (χ0n) is 17.6. The minimum atomic E-state index is -0.840. The monoisotopic (exact) mass is 440 g/mol. The number of hydrogen-bond acceptors (Lipinski definition) is 7. The normalized spacial score (nSPS) is 17.7. The summed E-state index contributed by atoms with van der Waals surface area (Å²) < 4.78 is 5.27. The van der Waals surface area contributed by atoms with Gasteiger partial charge in [0.15, 0.2) is 0 Å². The van der Waals surface area contributed by atoms with Gasteiger partial charge in [0, 0.05) is 24.2 Å². The Morgan fingerprint density at radius 2 is 1.75 bits per heavy atom. The van der Waals surface area contributed by atoms with Crippen molar-refractivity contribution in [2.24, 2.45) is 0 Å². The van der Waals surface area contributed by atoms with Crippen molar-refractivity contribution >= 4 is 23.1 Å². The smallest absolute Gasteiger partial charge is 0.295 e. The molecule has 0 spiro atoms. The van der Waals surface area contributed by atoms with Gasteiger partial charge in [-0.1, -0.05) is 31.2 Å². The van der Waals surface area contributed by atoms with Gasteiger partial charge < -0.3 is 19.8 Å². The van der Waals surface area contributed by atoms with E-state index >= 15 is 0 Å². The van der Waals surface area contributed by atoms with Crippen LogP contribution in [0.5, 0.6) is 0 Å². The molecular formula is C23H24N2O7. The van der Waals surface area contributed by atoms with Gasteiger partial charge in [-0.15, -0.1) is 0 Å². The van der Waals surface area contributed by atoms with Crippen LogP contribution in [-0.4, -0.2) is 58.1 Å². The number of amides is 1. The fourth-order valence-electron chi connectivity index (χ4n) is 3.62. The fourth-order valence-corrected chi connectivity index (χ4v) is 3.62. The Morgan fingerprint density at radius 1 is 1.09 bits per heavy atom. The number of non-ortho nitro benzene ring substituents is 1. The summed E-state index contributed by atoms with van der Waals surface area (Å²) in [6, 6.07) is 11.7. The largest absolute Gasteiger partial charge is 0.507 e. The number of aryl methyl sites for hydroxylation is 1. The van der Waals surface area contributed by atoms with Crippen molar-refractivity contribution in [3.8, 4) is 0 Å². The van der Waals surface area contributed by atoms with E-state index in [1.54, 1.807) is 12.1 Å². The molecule has 1 atom stereocenters. The van der Waals surface area contributed by atoms with E-state index < -0.39 is 28.4 Å². The highest BCUT2D eigenvalue weighted by atomic mass is 16.6. The van der Waals surface area contributed by atoms with E-state index in [9.17, 15) is 24.8 Å². The van der Waals surface area contributed by atoms with E-state index in [1.165, 1.54) is 29.2 Å². The van der Waals surface area contributed by atoms with E-state index in [1.807, 2.05) is 19.1 Å². The van der Waals surface area contributed by atoms with E-state index in [4.69, 9.17) is 9.84 Å². The number of aliphatic hydroxyl groups excluding tert-OH is 2. The Labute approximate surface area is 184 Å². The molecule has 3 rings (SSSR count). The molecular weight excluding hydrogens is 416 g/mol. The number of nitrogens with zero attached hydrogens (tertiary/aromatic N) is 2. The van der Waals surface area contributed by atoms with Crippen LogP contribution in [0.15, 0.2) is 54.1 Å². The highest BCUT2D eigenvalue weighted by Crippen LogP contribution is 2.39. The SMILES string of the molecule is CCc1ccc(C2C(=C(O)c3ccc([N+](=O)[O-])cc3)C(=O)C(=O)N2CCOCCO)cc1. The maximum Gasteiger partial charge on any atom is 0.295 e. The third-order valence-electron chi connectivity index (χ3n) is 5.31. The lowest BCUT2D eigenvalue weighted by molar-refractivity contribution is -0.384. The summed E-state index contributed by atoms with van der Waals surface area (Å²) in [5.74, 6) is -2.01. The molecule has 1 heterocycles. The highest BCUT2D eigenvalue weighted by Gasteiger charge is 2.45.